The van der Waals surface area contributed by atoms with Crippen LogP contribution in [-0.2, 0) is 28.6 Å². The Kier molecular flexibility index (Phi) is 50.4. The van der Waals surface area contributed by atoms with Crippen molar-refractivity contribution in [3.63, 3.8) is 0 Å². The summed E-state index contributed by atoms with van der Waals surface area (Å²) < 4.78 is 16.8. The Morgan fingerprint density at radius 1 is 0.328 bits per heavy atom. The van der Waals surface area contributed by atoms with Gasteiger partial charge in [-0.15, -0.1) is 0 Å². The first-order chi connectivity index (χ1) is 31.5. The highest BCUT2D eigenvalue weighted by Crippen LogP contribution is 2.16. The van der Waals surface area contributed by atoms with E-state index >= 15 is 0 Å². The smallest absolute Gasteiger partial charge is 0.306 e. The first kappa shape index (κ1) is 61.1. The van der Waals surface area contributed by atoms with Crippen molar-refractivity contribution < 1.29 is 28.6 Å². The molecule has 0 aliphatic rings. The van der Waals surface area contributed by atoms with E-state index in [1.165, 1.54) is 116 Å². The number of ether oxygens (including phenoxy) is 3. The molecule has 0 saturated carbocycles. The Labute approximate surface area is 396 Å². The molecule has 370 valence electrons. The lowest BCUT2D eigenvalue weighted by Gasteiger charge is -2.18. The predicted octanol–water partition coefficient (Wildman–Crippen LogP) is 18.0. The highest BCUT2D eigenvalue weighted by molar-refractivity contribution is 5.71. The van der Waals surface area contributed by atoms with E-state index in [1.807, 2.05) is 0 Å². The molecule has 0 radical (unpaired) electrons. The van der Waals surface area contributed by atoms with Crippen molar-refractivity contribution in [2.24, 2.45) is 0 Å². The highest BCUT2D eigenvalue weighted by Gasteiger charge is 2.19. The summed E-state index contributed by atoms with van der Waals surface area (Å²) in [6.07, 6.45) is 64.9. The monoisotopic (exact) mass is 895 g/mol. The summed E-state index contributed by atoms with van der Waals surface area (Å²) in [5.41, 5.74) is 0. The molecule has 0 fully saturated rings. The molecule has 0 amide bonds. The molecule has 6 nitrogen and oxygen atoms in total. The first-order valence-corrected chi connectivity index (χ1v) is 27.3. The van der Waals surface area contributed by atoms with Gasteiger partial charge in [-0.25, -0.2) is 0 Å². The molecule has 0 heterocycles. The Balaban J connectivity index is 4.41. The summed E-state index contributed by atoms with van der Waals surface area (Å²) >= 11 is 0. The summed E-state index contributed by atoms with van der Waals surface area (Å²) in [5, 5.41) is 0. The third-order valence-electron chi connectivity index (χ3n) is 11.8. The van der Waals surface area contributed by atoms with Gasteiger partial charge in [-0.3, -0.25) is 14.4 Å². The third-order valence-corrected chi connectivity index (χ3v) is 11.8. The molecule has 0 bridgehead atoms. The molecule has 1 atom stereocenters. The van der Waals surface area contributed by atoms with Gasteiger partial charge in [0.25, 0.3) is 0 Å². The van der Waals surface area contributed by atoms with E-state index in [2.05, 4.69) is 81.5 Å². The van der Waals surface area contributed by atoms with E-state index in [4.69, 9.17) is 14.2 Å². The molecule has 6 heteroatoms. The fourth-order valence-corrected chi connectivity index (χ4v) is 7.66. The van der Waals surface area contributed by atoms with E-state index in [0.29, 0.717) is 19.3 Å². The van der Waals surface area contributed by atoms with Crippen LogP contribution in [0, 0.1) is 0 Å². The molecule has 0 unspecified atom stereocenters. The number of esters is 3. The standard InChI is InChI=1S/C58H102O6/c1-4-7-10-13-16-19-22-25-28-31-33-36-39-42-45-48-51-57(60)63-54-55(64-58(61)52-49-46-43-40-37-34-30-27-24-21-18-15-12-9-6-3)53-62-56(59)50-47-44-41-38-35-32-29-26-23-20-17-14-11-8-5-2/h9,12,17-18,20-21,26-27,29-30,55H,4-8,10-11,13-16,19,22-25,28,31-54H2,1-3H3/b12-9-,20-17-,21-18-,29-26-,30-27-/t55-/m1/s1. The summed E-state index contributed by atoms with van der Waals surface area (Å²) in [6.45, 7) is 6.50. The third kappa shape index (κ3) is 50.1. The SMILES string of the molecule is CC/C=C\C/C=C\C/C=C\CCCCCCCC(=O)O[C@H](COC(=O)CCCCCCC/C=C\C/C=C\CCCCC)COC(=O)CCCCCCCCCCCCCCCCCC. The van der Waals surface area contributed by atoms with Crippen LogP contribution < -0.4 is 0 Å². The fraction of sp³-hybridized carbons (Fsp3) is 0.776. The van der Waals surface area contributed by atoms with Crippen LogP contribution >= 0.6 is 0 Å². The minimum absolute atomic E-state index is 0.0837. The zero-order valence-corrected chi connectivity index (χ0v) is 42.3. The number of unbranched alkanes of at least 4 members (excludes halogenated alkanes) is 28. The number of carbonyl (C=O) groups excluding carboxylic acids is 3. The van der Waals surface area contributed by atoms with Crippen LogP contribution in [0.4, 0.5) is 0 Å². The number of allylic oxidation sites excluding steroid dienone is 10. The van der Waals surface area contributed by atoms with E-state index < -0.39 is 6.10 Å². The summed E-state index contributed by atoms with van der Waals surface area (Å²) in [7, 11) is 0. The van der Waals surface area contributed by atoms with Crippen molar-refractivity contribution in [2.75, 3.05) is 13.2 Å². The van der Waals surface area contributed by atoms with E-state index in [9.17, 15) is 14.4 Å². The first-order valence-electron chi connectivity index (χ1n) is 27.3. The van der Waals surface area contributed by atoms with E-state index in [0.717, 1.165) is 116 Å². The van der Waals surface area contributed by atoms with Crippen molar-refractivity contribution in [1.29, 1.82) is 0 Å². The zero-order chi connectivity index (χ0) is 46.5. The van der Waals surface area contributed by atoms with Gasteiger partial charge in [0.05, 0.1) is 0 Å². The predicted molar refractivity (Wildman–Crippen MR) is 275 cm³/mol. The van der Waals surface area contributed by atoms with E-state index in [1.54, 1.807) is 0 Å². The molecule has 0 aromatic carbocycles. The van der Waals surface area contributed by atoms with Crippen molar-refractivity contribution in [1.82, 2.24) is 0 Å². The molecule has 64 heavy (non-hydrogen) atoms. The quantitative estimate of drug-likeness (QED) is 0.0262. The number of carbonyl (C=O) groups is 3. The molecule has 0 aliphatic carbocycles. The molecule has 0 N–H and O–H groups in total. The van der Waals surface area contributed by atoms with Crippen LogP contribution in [-0.4, -0.2) is 37.2 Å². The lowest BCUT2D eigenvalue weighted by molar-refractivity contribution is -0.167. The lowest BCUT2D eigenvalue weighted by atomic mass is 10.0. The van der Waals surface area contributed by atoms with Crippen LogP contribution in [0.3, 0.4) is 0 Å². The number of hydrogen-bond acceptors (Lipinski definition) is 6. The maximum atomic E-state index is 12.8. The topological polar surface area (TPSA) is 78.9 Å². The molecule has 0 aliphatic heterocycles. The van der Waals surface area contributed by atoms with Gasteiger partial charge in [-0.2, -0.15) is 0 Å². The van der Waals surface area contributed by atoms with Crippen molar-refractivity contribution >= 4 is 17.9 Å². The van der Waals surface area contributed by atoms with Crippen molar-refractivity contribution in [3.8, 4) is 0 Å². The zero-order valence-electron chi connectivity index (χ0n) is 42.3. The maximum Gasteiger partial charge on any atom is 0.306 e. The van der Waals surface area contributed by atoms with E-state index in [-0.39, 0.29) is 31.1 Å². The molecular weight excluding hydrogens is 793 g/mol. The van der Waals surface area contributed by atoms with Crippen LogP contribution in [0.5, 0.6) is 0 Å². The molecule has 0 aromatic rings. The van der Waals surface area contributed by atoms with Crippen molar-refractivity contribution in [2.45, 2.75) is 277 Å². The van der Waals surface area contributed by atoms with Crippen LogP contribution in [0.15, 0.2) is 60.8 Å². The van der Waals surface area contributed by atoms with Crippen molar-refractivity contribution in [3.05, 3.63) is 60.8 Å². The van der Waals surface area contributed by atoms with Gasteiger partial charge in [0.1, 0.15) is 13.2 Å². The number of hydrogen-bond donors (Lipinski definition) is 0. The number of rotatable bonds is 49. The van der Waals surface area contributed by atoms with Gasteiger partial charge < -0.3 is 14.2 Å². The van der Waals surface area contributed by atoms with Gasteiger partial charge in [0, 0.05) is 19.3 Å². The average molecular weight is 895 g/mol. The molecule has 0 spiro atoms. The average Bonchev–Trinajstić information content (AvgIpc) is 3.29. The van der Waals surface area contributed by atoms with Gasteiger partial charge >= 0.3 is 17.9 Å². The Hall–Kier alpha value is -2.89. The molecule has 0 aromatic heterocycles. The molecular formula is C58H102O6. The summed E-state index contributed by atoms with van der Waals surface area (Å²) in [5.74, 6) is -0.906. The normalized spacial score (nSPS) is 12.5. The lowest BCUT2D eigenvalue weighted by Crippen LogP contribution is -2.30. The molecule has 0 saturated heterocycles. The van der Waals surface area contributed by atoms with Gasteiger partial charge in [0.2, 0.25) is 0 Å². The second-order valence-electron chi connectivity index (χ2n) is 18.1. The van der Waals surface area contributed by atoms with Gasteiger partial charge in [-0.05, 0) is 83.5 Å². The largest absolute Gasteiger partial charge is 0.462 e. The Morgan fingerprint density at radius 3 is 0.984 bits per heavy atom. The highest BCUT2D eigenvalue weighted by atomic mass is 16.6. The van der Waals surface area contributed by atoms with Gasteiger partial charge in [0.15, 0.2) is 6.10 Å². The second kappa shape index (κ2) is 52.7. The van der Waals surface area contributed by atoms with Crippen LogP contribution in [0.2, 0.25) is 0 Å². The molecule has 0 rings (SSSR count). The second-order valence-corrected chi connectivity index (χ2v) is 18.1. The fourth-order valence-electron chi connectivity index (χ4n) is 7.66. The summed E-state index contributed by atoms with van der Waals surface area (Å²) in [6, 6.07) is 0. The van der Waals surface area contributed by atoms with Crippen LogP contribution in [0.25, 0.3) is 0 Å². The van der Waals surface area contributed by atoms with Crippen LogP contribution in [0.1, 0.15) is 271 Å². The Morgan fingerprint density at radius 2 is 0.609 bits per heavy atom. The maximum absolute atomic E-state index is 12.8. The Bertz CT molecular complexity index is 1170. The minimum atomic E-state index is -0.787. The van der Waals surface area contributed by atoms with Gasteiger partial charge in [-0.1, -0.05) is 229 Å². The summed E-state index contributed by atoms with van der Waals surface area (Å²) in [4.78, 5) is 38.1. The minimum Gasteiger partial charge on any atom is -0.462 e.